The monoisotopic (exact) mass is 305 g/mol. The van der Waals surface area contributed by atoms with E-state index in [1.165, 1.54) is 4.88 Å². The van der Waals surface area contributed by atoms with E-state index in [1.807, 2.05) is 18.2 Å². The van der Waals surface area contributed by atoms with Gasteiger partial charge in [-0.15, -0.1) is 11.3 Å². The molecule has 3 nitrogen and oxygen atoms in total. The van der Waals surface area contributed by atoms with E-state index in [0.29, 0.717) is 11.0 Å². The van der Waals surface area contributed by atoms with E-state index >= 15 is 0 Å². The minimum atomic E-state index is 0.225. The summed E-state index contributed by atoms with van der Waals surface area (Å²) in [6.45, 7) is 2.18. The number of hydrogen-bond acceptors (Lipinski definition) is 3. The number of hydrogen-bond donors (Lipinski definition) is 1. The van der Waals surface area contributed by atoms with Crippen molar-refractivity contribution < 1.29 is 0 Å². The molecule has 0 amide bonds. The fourth-order valence-corrected chi connectivity index (χ4v) is 3.64. The maximum absolute atomic E-state index is 6.22. The normalized spacial score (nSPS) is 12.9. The number of fused-ring (bicyclic) bond motifs is 1. The molecule has 0 saturated carbocycles. The van der Waals surface area contributed by atoms with E-state index in [9.17, 15) is 0 Å². The molecule has 2 heterocycles. The quantitative estimate of drug-likeness (QED) is 0.757. The molecule has 3 rings (SSSR count). The molecule has 0 aliphatic rings. The van der Waals surface area contributed by atoms with Crippen LogP contribution in [0.3, 0.4) is 0 Å². The maximum atomic E-state index is 6.22. The highest BCUT2D eigenvalue weighted by molar-refractivity contribution is 7.10. The van der Waals surface area contributed by atoms with Crippen molar-refractivity contribution in [2.45, 2.75) is 25.8 Å². The van der Waals surface area contributed by atoms with Crippen LogP contribution in [0, 0.1) is 0 Å². The number of halogens is 1. The highest BCUT2D eigenvalue weighted by Gasteiger charge is 2.20. The third kappa shape index (κ3) is 2.19. The zero-order valence-electron chi connectivity index (χ0n) is 11.2. The summed E-state index contributed by atoms with van der Waals surface area (Å²) in [6, 6.07) is 10.3. The molecule has 0 saturated heterocycles. The molecule has 5 heteroatoms. The molecule has 2 N–H and O–H groups in total. The summed E-state index contributed by atoms with van der Waals surface area (Å²) in [5, 5.41) is 2.75. The molecule has 20 heavy (non-hydrogen) atoms. The molecule has 2 aromatic heterocycles. The van der Waals surface area contributed by atoms with E-state index in [4.69, 9.17) is 17.3 Å². The number of para-hydroxylation sites is 1. The van der Waals surface area contributed by atoms with Gasteiger partial charge in [-0.1, -0.05) is 37.1 Å². The van der Waals surface area contributed by atoms with Gasteiger partial charge in [0, 0.05) is 4.88 Å². The summed E-state index contributed by atoms with van der Waals surface area (Å²) < 4.78 is 2.11. The first-order chi connectivity index (χ1) is 9.72. The van der Waals surface area contributed by atoms with Gasteiger partial charge in [0.05, 0.1) is 16.6 Å². The van der Waals surface area contributed by atoms with Crippen LogP contribution in [0.2, 0.25) is 5.02 Å². The minimum Gasteiger partial charge on any atom is -0.369 e. The van der Waals surface area contributed by atoms with Crippen molar-refractivity contribution in [3.8, 4) is 0 Å². The van der Waals surface area contributed by atoms with Crippen molar-refractivity contribution in [1.29, 1.82) is 0 Å². The lowest BCUT2D eigenvalue weighted by molar-refractivity contribution is 0.560. The second-order valence-corrected chi connectivity index (χ2v) is 6.15. The van der Waals surface area contributed by atoms with Gasteiger partial charge in [-0.05, 0) is 30.0 Å². The van der Waals surface area contributed by atoms with E-state index in [-0.39, 0.29) is 6.04 Å². The Morgan fingerprint density at radius 3 is 2.90 bits per heavy atom. The third-order valence-electron chi connectivity index (χ3n) is 3.44. The van der Waals surface area contributed by atoms with Crippen molar-refractivity contribution >= 4 is 39.9 Å². The lowest BCUT2D eigenvalue weighted by atomic mass is 10.1. The van der Waals surface area contributed by atoms with Gasteiger partial charge in [-0.2, -0.15) is 0 Å². The van der Waals surface area contributed by atoms with Gasteiger partial charge >= 0.3 is 0 Å². The zero-order chi connectivity index (χ0) is 14.1. The fourth-order valence-electron chi connectivity index (χ4n) is 2.58. The number of benzene rings is 1. The van der Waals surface area contributed by atoms with Crippen LogP contribution in [0.15, 0.2) is 35.7 Å². The third-order valence-corrected chi connectivity index (χ3v) is 4.72. The van der Waals surface area contributed by atoms with Crippen LogP contribution in [0.4, 0.5) is 5.95 Å². The standard InChI is InChI=1S/C15H16ClN3S/c1-2-5-11(13-8-4-9-20-13)19-12-7-3-6-10(16)14(12)18-15(19)17/h3-4,6-9,11H,2,5H2,1H3,(H2,17,18). The van der Waals surface area contributed by atoms with Crippen molar-refractivity contribution in [3.63, 3.8) is 0 Å². The number of rotatable bonds is 4. The molecule has 0 aliphatic carbocycles. The molecule has 3 aromatic rings. The number of nitrogens with two attached hydrogens (primary N) is 1. The molecule has 0 bridgehead atoms. The molecule has 1 aromatic carbocycles. The van der Waals surface area contributed by atoms with Crippen molar-refractivity contribution in [1.82, 2.24) is 9.55 Å². The van der Waals surface area contributed by atoms with Gasteiger partial charge in [0.15, 0.2) is 0 Å². The smallest absolute Gasteiger partial charge is 0.201 e. The van der Waals surface area contributed by atoms with Gasteiger partial charge in [0.2, 0.25) is 5.95 Å². The lowest BCUT2D eigenvalue weighted by Crippen LogP contribution is -2.12. The van der Waals surface area contributed by atoms with Crippen LogP contribution in [-0.2, 0) is 0 Å². The SMILES string of the molecule is CCCC(c1cccs1)n1c(N)nc2c(Cl)cccc21. The first kappa shape index (κ1) is 13.5. The largest absolute Gasteiger partial charge is 0.369 e. The Kier molecular flexibility index (Phi) is 3.68. The molecule has 0 fully saturated rings. The van der Waals surface area contributed by atoms with Crippen LogP contribution >= 0.6 is 22.9 Å². The van der Waals surface area contributed by atoms with Crippen LogP contribution in [0.5, 0.6) is 0 Å². The van der Waals surface area contributed by atoms with Gasteiger partial charge in [-0.3, -0.25) is 0 Å². The molecule has 0 aliphatic heterocycles. The van der Waals surface area contributed by atoms with E-state index in [1.54, 1.807) is 11.3 Å². The molecular formula is C15H16ClN3S. The first-order valence-corrected chi connectivity index (χ1v) is 7.93. The van der Waals surface area contributed by atoms with Crippen LogP contribution in [0.1, 0.15) is 30.7 Å². The summed E-state index contributed by atoms with van der Waals surface area (Å²) in [4.78, 5) is 5.74. The Bertz CT molecular complexity index is 718. The van der Waals surface area contributed by atoms with E-state index in [0.717, 1.165) is 23.9 Å². The second-order valence-electron chi connectivity index (χ2n) is 4.77. The second kappa shape index (κ2) is 5.46. The fraction of sp³-hybridized carbons (Fsp3) is 0.267. The van der Waals surface area contributed by atoms with Gasteiger partial charge in [0.25, 0.3) is 0 Å². The molecular weight excluding hydrogens is 290 g/mol. The summed E-state index contributed by atoms with van der Waals surface area (Å²) in [6.07, 6.45) is 2.12. The average molecular weight is 306 g/mol. The van der Waals surface area contributed by atoms with Gasteiger partial charge < -0.3 is 10.3 Å². The topological polar surface area (TPSA) is 43.8 Å². The Hall–Kier alpha value is -1.52. The van der Waals surface area contributed by atoms with Gasteiger partial charge in [-0.25, -0.2) is 4.98 Å². The molecule has 0 spiro atoms. The Balaban J connectivity index is 2.21. The average Bonchev–Trinajstić information content (AvgIpc) is 3.05. The van der Waals surface area contributed by atoms with Crippen LogP contribution in [-0.4, -0.2) is 9.55 Å². The van der Waals surface area contributed by atoms with E-state index in [2.05, 4.69) is 34.0 Å². The molecule has 104 valence electrons. The van der Waals surface area contributed by atoms with Crippen molar-refractivity contribution in [2.24, 2.45) is 0 Å². The number of imidazole rings is 1. The van der Waals surface area contributed by atoms with E-state index < -0.39 is 0 Å². The zero-order valence-corrected chi connectivity index (χ0v) is 12.8. The van der Waals surface area contributed by atoms with Crippen LogP contribution in [0.25, 0.3) is 11.0 Å². The summed E-state index contributed by atoms with van der Waals surface area (Å²) in [7, 11) is 0. The maximum Gasteiger partial charge on any atom is 0.201 e. The Morgan fingerprint density at radius 2 is 2.20 bits per heavy atom. The molecule has 0 radical (unpaired) electrons. The number of nitrogens with zero attached hydrogens (tertiary/aromatic N) is 2. The summed E-state index contributed by atoms with van der Waals surface area (Å²) in [5.74, 6) is 0.528. The number of aromatic nitrogens is 2. The highest BCUT2D eigenvalue weighted by Crippen LogP contribution is 2.34. The minimum absolute atomic E-state index is 0.225. The van der Waals surface area contributed by atoms with Crippen LogP contribution < -0.4 is 5.73 Å². The lowest BCUT2D eigenvalue weighted by Gasteiger charge is -2.19. The predicted octanol–water partition coefficient (Wildman–Crippen LogP) is 4.72. The highest BCUT2D eigenvalue weighted by atomic mass is 35.5. The van der Waals surface area contributed by atoms with Crippen molar-refractivity contribution in [3.05, 3.63) is 45.6 Å². The number of thiophene rings is 1. The Morgan fingerprint density at radius 1 is 1.35 bits per heavy atom. The summed E-state index contributed by atoms with van der Waals surface area (Å²) in [5.41, 5.74) is 7.94. The Labute approximate surface area is 127 Å². The summed E-state index contributed by atoms with van der Waals surface area (Å²) >= 11 is 7.97. The molecule has 1 unspecified atom stereocenters. The van der Waals surface area contributed by atoms with Gasteiger partial charge in [0.1, 0.15) is 5.52 Å². The van der Waals surface area contributed by atoms with Crippen molar-refractivity contribution in [2.75, 3.05) is 5.73 Å². The number of anilines is 1. The predicted molar refractivity (Wildman–Crippen MR) is 86.5 cm³/mol. The number of nitrogen functional groups attached to an aromatic ring is 1. The molecule has 1 atom stereocenters. The first-order valence-electron chi connectivity index (χ1n) is 6.67.